The van der Waals surface area contributed by atoms with Crippen molar-refractivity contribution in [1.82, 2.24) is 9.38 Å². The van der Waals surface area contributed by atoms with E-state index in [1.807, 2.05) is 63.4 Å². The smallest absolute Gasteiger partial charge is 0.274 e. The van der Waals surface area contributed by atoms with Crippen LogP contribution in [0.3, 0.4) is 0 Å². The van der Waals surface area contributed by atoms with Crippen LogP contribution in [0.5, 0.6) is 5.75 Å². The number of aryl methyl sites for hydroxylation is 2. The molecule has 0 fully saturated rings. The number of carbonyl (C=O) groups excluding carboxylic acids is 1. The third-order valence-electron chi connectivity index (χ3n) is 3.58. The van der Waals surface area contributed by atoms with Crippen LogP contribution in [0.4, 0.5) is 5.69 Å². The summed E-state index contributed by atoms with van der Waals surface area (Å²) in [6.45, 7) is 6.29. The van der Waals surface area contributed by atoms with Crippen molar-refractivity contribution in [3.8, 4) is 5.75 Å². The van der Waals surface area contributed by atoms with Crippen LogP contribution in [0, 0.1) is 13.8 Å². The molecule has 2 aromatic heterocycles. The van der Waals surface area contributed by atoms with Gasteiger partial charge >= 0.3 is 0 Å². The molecule has 2 heterocycles. The number of aromatic nitrogens is 2. The molecule has 0 spiro atoms. The number of rotatable bonds is 4. The Morgan fingerprint density at radius 2 is 2.09 bits per heavy atom. The number of anilines is 1. The number of pyridine rings is 1. The van der Waals surface area contributed by atoms with Crippen LogP contribution in [0.25, 0.3) is 5.65 Å². The average molecular weight is 309 g/mol. The Morgan fingerprint density at radius 1 is 1.26 bits per heavy atom. The lowest BCUT2D eigenvalue weighted by atomic mass is 10.2. The van der Waals surface area contributed by atoms with Crippen LogP contribution >= 0.6 is 0 Å². The summed E-state index contributed by atoms with van der Waals surface area (Å²) in [5.41, 5.74) is 3.70. The van der Waals surface area contributed by atoms with E-state index in [0.717, 1.165) is 11.3 Å². The predicted molar refractivity (Wildman–Crippen MR) is 90.2 cm³/mol. The first-order valence-electron chi connectivity index (χ1n) is 7.58. The van der Waals surface area contributed by atoms with E-state index in [-0.39, 0.29) is 5.91 Å². The molecule has 3 rings (SSSR count). The minimum atomic E-state index is -0.186. The van der Waals surface area contributed by atoms with Crippen LogP contribution < -0.4 is 10.1 Å². The van der Waals surface area contributed by atoms with Crippen molar-refractivity contribution < 1.29 is 9.53 Å². The maximum Gasteiger partial charge on any atom is 0.274 e. The largest absolute Gasteiger partial charge is 0.490 e. The summed E-state index contributed by atoms with van der Waals surface area (Å²) in [5.74, 6) is 0.488. The Balaban J connectivity index is 2.00. The number of nitrogens with one attached hydrogen (secondary N) is 1. The molecule has 0 radical (unpaired) electrons. The van der Waals surface area contributed by atoms with Gasteiger partial charge in [-0.15, -0.1) is 0 Å². The van der Waals surface area contributed by atoms with E-state index < -0.39 is 0 Å². The van der Waals surface area contributed by atoms with E-state index in [1.165, 1.54) is 0 Å². The van der Waals surface area contributed by atoms with Gasteiger partial charge in [0.05, 0.1) is 12.3 Å². The molecule has 1 N–H and O–H groups in total. The van der Waals surface area contributed by atoms with Crippen molar-refractivity contribution in [2.45, 2.75) is 20.8 Å². The molecule has 1 amide bonds. The predicted octanol–water partition coefficient (Wildman–Crippen LogP) is 3.60. The summed E-state index contributed by atoms with van der Waals surface area (Å²) in [5, 5.41) is 2.93. The van der Waals surface area contributed by atoms with Crippen LogP contribution in [-0.4, -0.2) is 21.9 Å². The van der Waals surface area contributed by atoms with Gasteiger partial charge in [0.15, 0.2) is 11.4 Å². The number of amides is 1. The minimum absolute atomic E-state index is 0.186. The van der Waals surface area contributed by atoms with Gasteiger partial charge in [-0.3, -0.25) is 9.20 Å². The molecular formula is C18H19N3O2. The fraction of sp³-hybridized carbons (Fsp3) is 0.222. The second-order valence-electron chi connectivity index (χ2n) is 5.37. The molecule has 0 saturated heterocycles. The second kappa shape index (κ2) is 6.12. The Bertz CT molecular complexity index is 868. The molecule has 1 aromatic carbocycles. The maximum atomic E-state index is 12.7. The number of imidazole rings is 1. The first-order valence-corrected chi connectivity index (χ1v) is 7.58. The van der Waals surface area contributed by atoms with Gasteiger partial charge in [-0.1, -0.05) is 12.1 Å². The zero-order chi connectivity index (χ0) is 16.4. The molecule has 0 aliphatic heterocycles. The Hall–Kier alpha value is -2.82. The monoisotopic (exact) mass is 309 g/mol. The molecule has 0 saturated carbocycles. The second-order valence-corrected chi connectivity index (χ2v) is 5.37. The zero-order valence-corrected chi connectivity index (χ0v) is 13.5. The van der Waals surface area contributed by atoms with Gasteiger partial charge in [0.1, 0.15) is 5.69 Å². The van der Waals surface area contributed by atoms with E-state index in [0.29, 0.717) is 29.4 Å². The quantitative estimate of drug-likeness (QED) is 0.801. The molecule has 0 atom stereocenters. The molecule has 0 unspecified atom stereocenters. The SMILES string of the molecule is CCOc1cccn2c(C(=O)Nc3cccc(C)c3)c(C)nc12. The van der Waals surface area contributed by atoms with Gasteiger partial charge in [0, 0.05) is 11.9 Å². The highest BCUT2D eigenvalue weighted by molar-refractivity contribution is 6.04. The van der Waals surface area contributed by atoms with Crippen LogP contribution in [0.2, 0.25) is 0 Å². The summed E-state index contributed by atoms with van der Waals surface area (Å²) < 4.78 is 7.36. The molecule has 3 aromatic rings. The van der Waals surface area contributed by atoms with Crippen molar-refractivity contribution >= 4 is 17.2 Å². The van der Waals surface area contributed by atoms with Crippen LogP contribution in [-0.2, 0) is 0 Å². The zero-order valence-electron chi connectivity index (χ0n) is 13.5. The Kier molecular flexibility index (Phi) is 4.02. The summed E-state index contributed by atoms with van der Waals surface area (Å²) in [4.78, 5) is 17.2. The molecule has 5 nitrogen and oxygen atoms in total. The standard InChI is InChI=1S/C18H19N3O2/c1-4-23-15-9-6-10-21-16(13(3)19-17(15)21)18(22)20-14-8-5-7-12(2)11-14/h5-11H,4H2,1-3H3,(H,20,22). The number of fused-ring (bicyclic) bond motifs is 1. The summed E-state index contributed by atoms with van der Waals surface area (Å²) in [7, 11) is 0. The van der Waals surface area contributed by atoms with Crippen LogP contribution in [0.15, 0.2) is 42.6 Å². The van der Waals surface area contributed by atoms with E-state index >= 15 is 0 Å². The van der Waals surface area contributed by atoms with Crippen molar-refractivity contribution in [1.29, 1.82) is 0 Å². The number of hydrogen-bond acceptors (Lipinski definition) is 3. The van der Waals surface area contributed by atoms with Gasteiger partial charge in [-0.2, -0.15) is 0 Å². The number of ether oxygens (including phenoxy) is 1. The first kappa shape index (κ1) is 15.1. The van der Waals surface area contributed by atoms with Gasteiger partial charge in [0.2, 0.25) is 0 Å². The molecular weight excluding hydrogens is 290 g/mol. The third-order valence-corrected chi connectivity index (χ3v) is 3.58. The number of benzene rings is 1. The lowest BCUT2D eigenvalue weighted by molar-refractivity contribution is 0.102. The average Bonchev–Trinajstić information content (AvgIpc) is 2.84. The van der Waals surface area contributed by atoms with Crippen LogP contribution in [0.1, 0.15) is 28.7 Å². The number of nitrogens with zero attached hydrogens (tertiary/aromatic N) is 2. The first-order chi connectivity index (χ1) is 11.1. The van der Waals surface area contributed by atoms with E-state index in [2.05, 4.69) is 10.3 Å². The van der Waals surface area contributed by atoms with Gasteiger partial charge in [-0.05, 0) is 50.6 Å². The van der Waals surface area contributed by atoms with Crippen molar-refractivity contribution in [2.24, 2.45) is 0 Å². The van der Waals surface area contributed by atoms with Crippen molar-refractivity contribution in [3.63, 3.8) is 0 Å². The molecule has 5 heteroatoms. The molecule has 23 heavy (non-hydrogen) atoms. The fourth-order valence-electron chi connectivity index (χ4n) is 2.61. The third kappa shape index (κ3) is 2.90. The number of hydrogen-bond donors (Lipinski definition) is 1. The number of carbonyl (C=O) groups is 1. The molecule has 0 aliphatic rings. The highest BCUT2D eigenvalue weighted by Gasteiger charge is 2.18. The Labute approximate surface area is 134 Å². The highest BCUT2D eigenvalue weighted by atomic mass is 16.5. The Morgan fingerprint density at radius 3 is 2.83 bits per heavy atom. The summed E-state index contributed by atoms with van der Waals surface area (Å²) >= 11 is 0. The summed E-state index contributed by atoms with van der Waals surface area (Å²) in [6.07, 6.45) is 1.82. The minimum Gasteiger partial charge on any atom is -0.490 e. The van der Waals surface area contributed by atoms with E-state index in [4.69, 9.17) is 4.74 Å². The van der Waals surface area contributed by atoms with E-state index in [9.17, 15) is 4.79 Å². The highest BCUT2D eigenvalue weighted by Crippen LogP contribution is 2.23. The van der Waals surface area contributed by atoms with Crippen molar-refractivity contribution in [2.75, 3.05) is 11.9 Å². The van der Waals surface area contributed by atoms with Gasteiger partial charge in [0.25, 0.3) is 5.91 Å². The molecule has 0 aliphatic carbocycles. The normalized spacial score (nSPS) is 10.7. The molecule has 0 bridgehead atoms. The summed E-state index contributed by atoms with van der Waals surface area (Å²) in [6, 6.07) is 11.4. The van der Waals surface area contributed by atoms with Gasteiger partial charge in [-0.25, -0.2) is 4.98 Å². The van der Waals surface area contributed by atoms with Crippen molar-refractivity contribution in [3.05, 3.63) is 59.5 Å². The molecule has 118 valence electrons. The lowest BCUT2D eigenvalue weighted by Gasteiger charge is -2.08. The fourth-order valence-corrected chi connectivity index (χ4v) is 2.61. The van der Waals surface area contributed by atoms with Gasteiger partial charge < -0.3 is 10.1 Å². The maximum absolute atomic E-state index is 12.7. The van der Waals surface area contributed by atoms with E-state index in [1.54, 1.807) is 4.40 Å². The topological polar surface area (TPSA) is 55.6 Å². The lowest BCUT2D eigenvalue weighted by Crippen LogP contribution is -2.15.